The molecule has 0 fully saturated rings. The Hall–Kier alpha value is -2.12. The van der Waals surface area contributed by atoms with E-state index in [1.165, 1.54) is 0 Å². The molecule has 0 radical (unpaired) electrons. The fourth-order valence-electron chi connectivity index (χ4n) is 1.30. The molecule has 0 aliphatic heterocycles. The highest BCUT2D eigenvalue weighted by Gasteiger charge is 2.03. The SMILES string of the molecule is N#CC1C=CC=C(Nc2nccc(Cl)n2)C=C1. The number of hydrogen-bond acceptors (Lipinski definition) is 4. The van der Waals surface area contributed by atoms with Crippen LogP contribution >= 0.6 is 11.6 Å². The maximum Gasteiger partial charge on any atom is 0.228 e. The molecule has 4 nitrogen and oxygen atoms in total. The lowest BCUT2D eigenvalue weighted by molar-refractivity contribution is 1.08. The third-order valence-corrected chi connectivity index (χ3v) is 2.31. The van der Waals surface area contributed by atoms with Gasteiger partial charge in [-0.2, -0.15) is 5.26 Å². The molecule has 84 valence electrons. The molecule has 0 saturated heterocycles. The van der Waals surface area contributed by atoms with Crippen molar-refractivity contribution in [2.24, 2.45) is 5.92 Å². The van der Waals surface area contributed by atoms with Gasteiger partial charge in [-0.3, -0.25) is 0 Å². The lowest BCUT2D eigenvalue weighted by Gasteiger charge is -2.04. The van der Waals surface area contributed by atoms with Gasteiger partial charge in [0.25, 0.3) is 0 Å². The predicted molar refractivity (Wildman–Crippen MR) is 66.1 cm³/mol. The molecule has 17 heavy (non-hydrogen) atoms. The zero-order chi connectivity index (χ0) is 12.1. The second kappa shape index (κ2) is 5.28. The number of rotatable bonds is 2. The number of nitriles is 1. The molecule has 1 aliphatic rings. The molecule has 1 aliphatic carbocycles. The number of hydrogen-bond donors (Lipinski definition) is 1. The molecule has 1 unspecified atom stereocenters. The molecule has 1 atom stereocenters. The third-order valence-electron chi connectivity index (χ3n) is 2.10. The summed E-state index contributed by atoms with van der Waals surface area (Å²) in [6.45, 7) is 0. The third kappa shape index (κ3) is 3.16. The minimum absolute atomic E-state index is 0.203. The van der Waals surface area contributed by atoms with Crippen LogP contribution in [0.2, 0.25) is 5.15 Å². The summed E-state index contributed by atoms with van der Waals surface area (Å²) in [5.41, 5.74) is 0.807. The monoisotopic (exact) mass is 244 g/mol. The summed E-state index contributed by atoms with van der Waals surface area (Å²) in [7, 11) is 0. The number of halogens is 1. The topological polar surface area (TPSA) is 61.6 Å². The summed E-state index contributed by atoms with van der Waals surface area (Å²) in [4.78, 5) is 8.05. The van der Waals surface area contributed by atoms with Crippen LogP contribution in [-0.2, 0) is 0 Å². The van der Waals surface area contributed by atoms with Crippen molar-refractivity contribution < 1.29 is 0 Å². The highest BCUT2D eigenvalue weighted by atomic mass is 35.5. The first-order valence-corrected chi connectivity index (χ1v) is 5.37. The largest absolute Gasteiger partial charge is 0.324 e. The number of allylic oxidation sites excluding steroid dienone is 5. The molecule has 1 N–H and O–H groups in total. The Bertz CT molecular complexity index is 540. The van der Waals surface area contributed by atoms with Gasteiger partial charge in [-0.1, -0.05) is 29.8 Å². The van der Waals surface area contributed by atoms with E-state index in [1.54, 1.807) is 18.3 Å². The molecule has 1 aromatic rings. The number of aromatic nitrogens is 2. The summed E-state index contributed by atoms with van der Waals surface area (Å²) in [6.07, 6.45) is 10.7. The fourth-order valence-corrected chi connectivity index (χ4v) is 1.44. The maximum atomic E-state index is 8.79. The van der Waals surface area contributed by atoms with E-state index in [0.717, 1.165) is 5.70 Å². The molecular formula is C12H9ClN4. The van der Waals surface area contributed by atoms with Crippen LogP contribution < -0.4 is 5.32 Å². The molecule has 0 saturated carbocycles. The molecule has 0 spiro atoms. The van der Waals surface area contributed by atoms with E-state index in [1.807, 2.05) is 24.3 Å². The van der Waals surface area contributed by atoms with E-state index in [-0.39, 0.29) is 5.92 Å². The Morgan fingerprint density at radius 1 is 1.41 bits per heavy atom. The van der Waals surface area contributed by atoms with Crippen LogP contribution in [-0.4, -0.2) is 9.97 Å². The van der Waals surface area contributed by atoms with E-state index >= 15 is 0 Å². The van der Waals surface area contributed by atoms with Crippen molar-refractivity contribution >= 4 is 17.5 Å². The fraction of sp³-hybridized carbons (Fsp3) is 0.0833. The zero-order valence-electron chi connectivity index (χ0n) is 8.84. The smallest absolute Gasteiger partial charge is 0.228 e. The normalized spacial score (nSPS) is 18.1. The summed E-state index contributed by atoms with van der Waals surface area (Å²) >= 11 is 5.75. The van der Waals surface area contributed by atoms with E-state index in [4.69, 9.17) is 16.9 Å². The van der Waals surface area contributed by atoms with Crippen LogP contribution in [0.1, 0.15) is 0 Å². The predicted octanol–water partition coefficient (Wildman–Crippen LogP) is 2.69. The minimum atomic E-state index is -0.203. The van der Waals surface area contributed by atoms with Crippen molar-refractivity contribution in [1.29, 1.82) is 5.26 Å². The van der Waals surface area contributed by atoms with Gasteiger partial charge in [0.2, 0.25) is 5.95 Å². The number of nitrogens with one attached hydrogen (secondary N) is 1. The van der Waals surface area contributed by atoms with Crippen LogP contribution in [0.4, 0.5) is 5.95 Å². The van der Waals surface area contributed by atoms with Crippen molar-refractivity contribution in [3.8, 4) is 6.07 Å². The Morgan fingerprint density at radius 2 is 2.29 bits per heavy atom. The number of nitrogens with zero attached hydrogens (tertiary/aromatic N) is 3. The molecular weight excluding hydrogens is 236 g/mol. The van der Waals surface area contributed by atoms with Gasteiger partial charge in [0.1, 0.15) is 5.15 Å². The Balaban J connectivity index is 2.13. The molecule has 0 amide bonds. The Kier molecular flexibility index (Phi) is 3.53. The van der Waals surface area contributed by atoms with Crippen molar-refractivity contribution in [2.75, 3.05) is 5.32 Å². The second-order valence-electron chi connectivity index (χ2n) is 3.35. The van der Waals surface area contributed by atoms with Gasteiger partial charge in [0.05, 0.1) is 12.0 Å². The van der Waals surface area contributed by atoms with Gasteiger partial charge in [0.15, 0.2) is 0 Å². The Morgan fingerprint density at radius 3 is 3.06 bits per heavy atom. The highest BCUT2D eigenvalue weighted by molar-refractivity contribution is 6.29. The zero-order valence-corrected chi connectivity index (χ0v) is 9.59. The van der Waals surface area contributed by atoms with Crippen molar-refractivity contribution in [3.05, 3.63) is 53.5 Å². The van der Waals surface area contributed by atoms with E-state index < -0.39 is 0 Å². The van der Waals surface area contributed by atoms with E-state index in [0.29, 0.717) is 11.1 Å². The first kappa shape index (κ1) is 11.4. The lowest BCUT2D eigenvalue weighted by Crippen LogP contribution is -2.01. The molecule has 2 rings (SSSR count). The van der Waals surface area contributed by atoms with Crippen molar-refractivity contribution in [3.63, 3.8) is 0 Å². The summed E-state index contributed by atoms with van der Waals surface area (Å²) in [5.74, 6) is 0.225. The van der Waals surface area contributed by atoms with Crippen LogP contribution in [0.3, 0.4) is 0 Å². The van der Waals surface area contributed by atoms with Crippen molar-refractivity contribution in [1.82, 2.24) is 9.97 Å². The molecule has 5 heteroatoms. The average molecular weight is 245 g/mol. The quantitative estimate of drug-likeness (QED) is 0.813. The maximum absolute atomic E-state index is 8.79. The van der Waals surface area contributed by atoms with Gasteiger partial charge < -0.3 is 5.32 Å². The van der Waals surface area contributed by atoms with Gasteiger partial charge in [-0.05, 0) is 18.2 Å². The molecule has 0 aromatic carbocycles. The van der Waals surface area contributed by atoms with Gasteiger partial charge in [-0.25, -0.2) is 9.97 Å². The lowest BCUT2D eigenvalue weighted by atomic mass is 10.1. The van der Waals surface area contributed by atoms with Gasteiger partial charge >= 0.3 is 0 Å². The summed E-state index contributed by atoms with van der Waals surface area (Å²) < 4.78 is 0. The Labute approximate surface area is 104 Å². The standard InChI is InChI=1S/C12H9ClN4/c13-11-6-7-15-12(17-11)16-10-3-1-2-9(8-14)4-5-10/h1-7,9H,(H,15,16,17). The average Bonchev–Trinajstić information content (AvgIpc) is 2.54. The van der Waals surface area contributed by atoms with Gasteiger partial charge in [0, 0.05) is 11.9 Å². The second-order valence-corrected chi connectivity index (χ2v) is 3.74. The summed E-state index contributed by atoms with van der Waals surface area (Å²) in [6, 6.07) is 3.76. The van der Waals surface area contributed by atoms with Crippen LogP contribution in [0, 0.1) is 17.2 Å². The van der Waals surface area contributed by atoms with E-state index in [2.05, 4.69) is 21.4 Å². The molecule has 1 aromatic heterocycles. The highest BCUT2D eigenvalue weighted by Crippen LogP contribution is 2.12. The molecule has 0 bridgehead atoms. The first-order chi connectivity index (χ1) is 8.28. The van der Waals surface area contributed by atoms with Crippen molar-refractivity contribution in [2.45, 2.75) is 0 Å². The van der Waals surface area contributed by atoms with Crippen LogP contribution in [0.15, 0.2) is 48.3 Å². The molecule has 1 heterocycles. The van der Waals surface area contributed by atoms with Crippen LogP contribution in [0.25, 0.3) is 0 Å². The van der Waals surface area contributed by atoms with E-state index in [9.17, 15) is 0 Å². The first-order valence-electron chi connectivity index (χ1n) is 5.00. The minimum Gasteiger partial charge on any atom is -0.324 e. The van der Waals surface area contributed by atoms with Gasteiger partial charge in [-0.15, -0.1) is 0 Å². The van der Waals surface area contributed by atoms with Crippen LogP contribution in [0.5, 0.6) is 0 Å². The summed E-state index contributed by atoms with van der Waals surface area (Å²) in [5, 5.41) is 12.2. The number of anilines is 1.